The zero-order chi connectivity index (χ0) is 16.8. The van der Waals surface area contributed by atoms with Crippen LogP contribution in [0.4, 0.5) is 0 Å². The van der Waals surface area contributed by atoms with Gasteiger partial charge in [0.05, 0.1) is 6.61 Å². The van der Waals surface area contributed by atoms with E-state index in [1.54, 1.807) is 0 Å². The van der Waals surface area contributed by atoms with Crippen molar-refractivity contribution in [1.82, 2.24) is 10.2 Å². The van der Waals surface area contributed by atoms with Crippen molar-refractivity contribution in [3.63, 3.8) is 0 Å². The van der Waals surface area contributed by atoms with E-state index in [0.29, 0.717) is 24.1 Å². The predicted molar refractivity (Wildman–Crippen MR) is 93.4 cm³/mol. The summed E-state index contributed by atoms with van der Waals surface area (Å²) in [4.78, 5) is 14.3. The van der Waals surface area contributed by atoms with Gasteiger partial charge >= 0.3 is 0 Å². The Bertz CT molecular complexity index is 537. The fourth-order valence-electron chi connectivity index (χ4n) is 3.06. The second kappa shape index (κ2) is 8.38. The van der Waals surface area contributed by atoms with E-state index in [1.165, 1.54) is 12.8 Å². The first-order valence-corrected chi connectivity index (χ1v) is 9.12. The Labute approximate surface area is 144 Å². The number of hydrogen-bond acceptors (Lipinski definition) is 4. The highest BCUT2D eigenvalue weighted by Crippen LogP contribution is 2.28. The lowest BCUT2D eigenvalue weighted by Crippen LogP contribution is -2.46. The van der Waals surface area contributed by atoms with Gasteiger partial charge in [-0.05, 0) is 57.2 Å². The van der Waals surface area contributed by atoms with Gasteiger partial charge < -0.3 is 19.7 Å². The third-order valence-electron chi connectivity index (χ3n) is 4.74. The molecule has 2 fully saturated rings. The van der Waals surface area contributed by atoms with Crippen LogP contribution in [0.25, 0.3) is 0 Å². The number of ether oxygens (including phenoxy) is 2. The Hall–Kier alpha value is -1.75. The average molecular weight is 332 g/mol. The highest BCUT2D eigenvalue weighted by atomic mass is 16.5. The first-order valence-electron chi connectivity index (χ1n) is 9.12. The van der Waals surface area contributed by atoms with E-state index < -0.39 is 0 Å². The number of carbonyl (C=O) groups is 1. The van der Waals surface area contributed by atoms with Gasteiger partial charge in [-0.25, -0.2) is 0 Å². The lowest BCUT2D eigenvalue weighted by Gasteiger charge is -2.32. The molecule has 132 valence electrons. The molecule has 1 heterocycles. The Morgan fingerprint density at radius 3 is 2.42 bits per heavy atom. The number of piperidine rings is 1. The maximum atomic E-state index is 12.4. The molecule has 0 bridgehead atoms. The molecule has 1 saturated heterocycles. The highest BCUT2D eigenvalue weighted by Gasteiger charge is 2.26. The maximum absolute atomic E-state index is 12.4. The lowest BCUT2D eigenvalue weighted by molar-refractivity contribution is -0.134. The van der Waals surface area contributed by atoms with Crippen molar-refractivity contribution < 1.29 is 14.3 Å². The molecule has 1 saturated carbocycles. The van der Waals surface area contributed by atoms with Crippen LogP contribution in [0.1, 0.15) is 32.6 Å². The summed E-state index contributed by atoms with van der Waals surface area (Å²) in [6, 6.07) is 8.06. The maximum Gasteiger partial charge on any atom is 0.260 e. The quantitative estimate of drug-likeness (QED) is 0.794. The SMILES string of the molecule is CCOc1ccccc1OCC(=O)N1CCC(NCC2CC2)CC1. The van der Waals surface area contributed by atoms with Crippen LogP contribution in [0.3, 0.4) is 0 Å². The fraction of sp³-hybridized carbons (Fsp3) is 0.632. The van der Waals surface area contributed by atoms with Crippen LogP contribution in [0.2, 0.25) is 0 Å². The van der Waals surface area contributed by atoms with Gasteiger partial charge in [-0.15, -0.1) is 0 Å². The summed E-state index contributed by atoms with van der Waals surface area (Å²) in [6.07, 6.45) is 4.83. The van der Waals surface area contributed by atoms with E-state index in [0.717, 1.165) is 38.4 Å². The van der Waals surface area contributed by atoms with Crippen molar-refractivity contribution in [2.45, 2.75) is 38.6 Å². The fourth-order valence-corrected chi connectivity index (χ4v) is 3.06. The van der Waals surface area contributed by atoms with Crippen molar-refractivity contribution in [3.05, 3.63) is 24.3 Å². The Morgan fingerprint density at radius 1 is 1.12 bits per heavy atom. The van der Waals surface area contributed by atoms with Gasteiger partial charge in [0.25, 0.3) is 5.91 Å². The number of para-hydroxylation sites is 2. The third kappa shape index (κ3) is 4.87. The third-order valence-corrected chi connectivity index (χ3v) is 4.74. The molecule has 0 spiro atoms. The van der Waals surface area contributed by atoms with Crippen LogP contribution in [0.5, 0.6) is 11.5 Å². The summed E-state index contributed by atoms with van der Waals surface area (Å²) < 4.78 is 11.2. The molecule has 2 aliphatic rings. The van der Waals surface area contributed by atoms with Crippen LogP contribution in [-0.2, 0) is 4.79 Å². The van der Waals surface area contributed by atoms with Crippen LogP contribution < -0.4 is 14.8 Å². The molecule has 0 aromatic heterocycles. The van der Waals surface area contributed by atoms with E-state index in [9.17, 15) is 4.79 Å². The second-order valence-corrected chi connectivity index (χ2v) is 6.68. The van der Waals surface area contributed by atoms with E-state index >= 15 is 0 Å². The molecule has 24 heavy (non-hydrogen) atoms. The molecular formula is C19H28N2O3. The van der Waals surface area contributed by atoms with Gasteiger partial charge in [-0.2, -0.15) is 0 Å². The first-order chi connectivity index (χ1) is 11.8. The topological polar surface area (TPSA) is 50.8 Å². The zero-order valence-electron chi connectivity index (χ0n) is 14.5. The molecule has 5 nitrogen and oxygen atoms in total. The highest BCUT2D eigenvalue weighted by molar-refractivity contribution is 5.78. The van der Waals surface area contributed by atoms with E-state index in [2.05, 4.69) is 5.32 Å². The first kappa shape index (κ1) is 17.1. The van der Waals surface area contributed by atoms with Crippen LogP contribution in [-0.4, -0.2) is 49.7 Å². The van der Waals surface area contributed by atoms with Gasteiger partial charge in [-0.1, -0.05) is 12.1 Å². The van der Waals surface area contributed by atoms with E-state index in [-0.39, 0.29) is 12.5 Å². The molecular weight excluding hydrogens is 304 g/mol. The number of hydrogen-bond donors (Lipinski definition) is 1. The van der Waals surface area contributed by atoms with Gasteiger partial charge in [0.15, 0.2) is 18.1 Å². The van der Waals surface area contributed by atoms with Gasteiger partial charge in [-0.3, -0.25) is 4.79 Å². The molecule has 3 rings (SSSR count). The van der Waals surface area contributed by atoms with Crippen LogP contribution in [0, 0.1) is 5.92 Å². The standard InChI is InChI=1S/C19H28N2O3/c1-2-23-17-5-3-4-6-18(17)24-14-19(22)21-11-9-16(10-12-21)20-13-15-7-8-15/h3-6,15-16,20H,2,7-14H2,1H3. The van der Waals surface area contributed by atoms with Crippen molar-refractivity contribution >= 4 is 5.91 Å². The molecule has 1 aromatic rings. The number of nitrogens with one attached hydrogen (secondary N) is 1. The minimum absolute atomic E-state index is 0.0574. The van der Waals surface area contributed by atoms with Gasteiger partial charge in [0, 0.05) is 19.1 Å². The molecule has 1 aliphatic heterocycles. The summed E-state index contributed by atoms with van der Waals surface area (Å²) in [6.45, 7) is 5.37. The molecule has 0 atom stereocenters. The minimum atomic E-state index is 0.0574. The number of carbonyl (C=O) groups excluding carboxylic acids is 1. The molecule has 1 aromatic carbocycles. The Kier molecular flexibility index (Phi) is 5.96. The molecule has 1 amide bonds. The summed E-state index contributed by atoms with van der Waals surface area (Å²) in [5.41, 5.74) is 0. The van der Waals surface area contributed by atoms with Gasteiger partial charge in [0.1, 0.15) is 0 Å². The zero-order valence-corrected chi connectivity index (χ0v) is 14.5. The number of nitrogens with zero attached hydrogens (tertiary/aromatic N) is 1. The average Bonchev–Trinajstić information content (AvgIpc) is 3.44. The predicted octanol–water partition coefficient (Wildman–Crippen LogP) is 2.45. The number of likely N-dealkylation sites (tertiary alicyclic amines) is 1. The molecule has 1 N–H and O–H groups in total. The largest absolute Gasteiger partial charge is 0.490 e. The van der Waals surface area contributed by atoms with Crippen LogP contribution in [0.15, 0.2) is 24.3 Å². The second-order valence-electron chi connectivity index (χ2n) is 6.68. The number of amides is 1. The lowest BCUT2D eigenvalue weighted by atomic mass is 10.0. The summed E-state index contributed by atoms with van der Waals surface area (Å²) in [5.74, 6) is 2.29. The Balaban J connectivity index is 1.41. The molecule has 5 heteroatoms. The molecule has 1 aliphatic carbocycles. The van der Waals surface area contributed by atoms with Gasteiger partial charge in [0.2, 0.25) is 0 Å². The number of benzene rings is 1. The van der Waals surface area contributed by atoms with Crippen molar-refractivity contribution in [1.29, 1.82) is 0 Å². The van der Waals surface area contributed by atoms with Crippen LogP contribution >= 0.6 is 0 Å². The van der Waals surface area contributed by atoms with Crippen molar-refractivity contribution in [2.75, 3.05) is 32.8 Å². The Morgan fingerprint density at radius 2 is 1.79 bits per heavy atom. The molecule has 0 unspecified atom stereocenters. The normalized spacial score (nSPS) is 18.5. The molecule has 0 radical (unpaired) electrons. The number of rotatable bonds is 8. The van der Waals surface area contributed by atoms with Crippen molar-refractivity contribution in [3.8, 4) is 11.5 Å². The summed E-state index contributed by atoms with van der Waals surface area (Å²) in [5, 5.41) is 3.64. The summed E-state index contributed by atoms with van der Waals surface area (Å²) >= 11 is 0. The minimum Gasteiger partial charge on any atom is -0.490 e. The van der Waals surface area contributed by atoms with Crippen molar-refractivity contribution in [2.24, 2.45) is 5.92 Å². The summed E-state index contributed by atoms with van der Waals surface area (Å²) in [7, 11) is 0. The van der Waals surface area contributed by atoms with E-state index in [4.69, 9.17) is 9.47 Å². The van der Waals surface area contributed by atoms with E-state index in [1.807, 2.05) is 36.1 Å². The monoisotopic (exact) mass is 332 g/mol. The smallest absolute Gasteiger partial charge is 0.260 e.